The van der Waals surface area contributed by atoms with Crippen LogP contribution in [-0.4, -0.2) is 55.5 Å². The van der Waals surface area contributed by atoms with Gasteiger partial charge in [-0.25, -0.2) is 0 Å². The Morgan fingerprint density at radius 1 is 1.29 bits per heavy atom. The van der Waals surface area contributed by atoms with Gasteiger partial charge >= 0.3 is 0 Å². The van der Waals surface area contributed by atoms with Crippen LogP contribution in [0.3, 0.4) is 0 Å². The summed E-state index contributed by atoms with van der Waals surface area (Å²) in [5.74, 6) is 1.02. The highest BCUT2D eigenvalue weighted by atomic mass is 16.2. The molecule has 4 heteroatoms. The molecular weight excluding hydrogens is 262 g/mol. The topological polar surface area (TPSA) is 35.6 Å². The summed E-state index contributed by atoms with van der Waals surface area (Å²) in [6.07, 6.45) is 2.64. The van der Waals surface area contributed by atoms with Crippen LogP contribution in [0.4, 0.5) is 0 Å². The van der Waals surface area contributed by atoms with E-state index in [1.54, 1.807) is 0 Å². The fourth-order valence-corrected chi connectivity index (χ4v) is 3.06. The Hall–Kier alpha value is -1.39. The molecule has 1 N–H and O–H groups in total. The number of benzene rings is 1. The van der Waals surface area contributed by atoms with Crippen molar-refractivity contribution in [2.24, 2.45) is 0 Å². The summed E-state index contributed by atoms with van der Waals surface area (Å²) in [7, 11) is 2.05. The Labute approximate surface area is 127 Å². The average Bonchev–Trinajstić information content (AvgIpc) is 3.33. The van der Waals surface area contributed by atoms with Crippen LogP contribution < -0.4 is 5.32 Å². The van der Waals surface area contributed by atoms with Gasteiger partial charge in [-0.05, 0) is 36.9 Å². The SMILES string of the molecule is CN(CC(=O)N1CCNCC1)Cc1ccccc1C1CC1. The van der Waals surface area contributed by atoms with E-state index in [-0.39, 0.29) is 5.91 Å². The minimum Gasteiger partial charge on any atom is -0.339 e. The summed E-state index contributed by atoms with van der Waals surface area (Å²) >= 11 is 0. The predicted octanol–water partition coefficient (Wildman–Crippen LogP) is 1.43. The molecule has 0 spiro atoms. The lowest BCUT2D eigenvalue weighted by Crippen LogP contribution is -2.49. The Morgan fingerprint density at radius 2 is 2.00 bits per heavy atom. The molecule has 2 aliphatic rings. The molecule has 0 aromatic heterocycles. The van der Waals surface area contributed by atoms with Crippen LogP contribution >= 0.6 is 0 Å². The highest BCUT2D eigenvalue weighted by Crippen LogP contribution is 2.41. The lowest BCUT2D eigenvalue weighted by atomic mass is 10.0. The van der Waals surface area contributed by atoms with E-state index in [1.807, 2.05) is 11.9 Å². The summed E-state index contributed by atoms with van der Waals surface area (Å²) in [5.41, 5.74) is 2.87. The van der Waals surface area contributed by atoms with Gasteiger partial charge < -0.3 is 10.2 Å². The molecule has 3 rings (SSSR count). The van der Waals surface area contributed by atoms with E-state index in [4.69, 9.17) is 0 Å². The molecule has 1 saturated heterocycles. The normalized spacial score (nSPS) is 19.0. The molecule has 21 heavy (non-hydrogen) atoms. The van der Waals surface area contributed by atoms with Gasteiger partial charge in [0.05, 0.1) is 6.54 Å². The van der Waals surface area contributed by atoms with Crippen LogP contribution in [0.2, 0.25) is 0 Å². The second-order valence-corrected chi connectivity index (χ2v) is 6.28. The third kappa shape index (κ3) is 3.83. The van der Waals surface area contributed by atoms with Crippen LogP contribution in [0.25, 0.3) is 0 Å². The number of rotatable bonds is 5. The molecule has 1 heterocycles. The maximum Gasteiger partial charge on any atom is 0.236 e. The number of nitrogens with one attached hydrogen (secondary N) is 1. The summed E-state index contributed by atoms with van der Waals surface area (Å²) in [6.45, 7) is 4.89. The molecule has 114 valence electrons. The smallest absolute Gasteiger partial charge is 0.236 e. The van der Waals surface area contributed by atoms with E-state index in [0.717, 1.165) is 38.6 Å². The van der Waals surface area contributed by atoms with E-state index < -0.39 is 0 Å². The van der Waals surface area contributed by atoms with Crippen molar-refractivity contribution in [1.82, 2.24) is 15.1 Å². The van der Waals surface area contributed by atoms with Gasteiger partial charge in [-0.2, -0.15) is 0 Å². The van der Waals surface area contributed by atoms with Gasteiger partial charge in [-0.3, -0.25) is 9.69 Å². The third-order valence-corrected chi connectivity index (χ3v) is 4.39. The quantitative estimate of drug-likeness (QED) is 0.890. The van der Waals surface area contributed by atoms with Gasteiger partial charge in [-0.1, -0.05) is 24.3 Å². The Balaban J connectivity index is 1.56. The summed E-state index contributed by atoms with van der Waals surface area (Å²) in [6, 6.07) is 8.69. The van der Waals surface area contributed by atoms with Crippen molar-refractivity contribution >= 4 is 5.91 Å². The summed E-state index contributed by atoms with van der Waals surface area (Å²) in [4.78, 5) is 16.4. The molecule has 0 atom stereocenters. The van der Waals surface area contributed by atoms with Gasteiger partial charge in [0.15, 0.2) is 0 Å². The monoisotopic (exact) mass is 287 g/mol. The van der Waals surface area contributed by atoms with Crippen molar-refractivity contribution in [2.75, 3.05) is 39.8 Å². The van der Waals surface area contributed by atoms with Crippen LogP contribution in [0.1, 0.15) is 29.9 Å². The molecule has 1 aromatic rings. The number of carbonyl (C=O) groups is 1. The van der Waals surface area contributed by atoms with Gasteiger partial charge in [0.25, 0.3) is 0 Å². The van der Waals surface area contributed by atoms with Gasteiger partial charge in [0.2, 0.25) is 5.91 Å². The van der Waals surface area contributed by atoms with Crippen molar-refractivity contribution in [1.29, 1.82) is 0 Å². The van der Waals surface area contributed by atoms with E-state index in [0.29, 0.717) is 6.54 Å². The standard InChI is InChI=1S/C17H25N3O/c1-19(13-17(21)20-10-8-18-9-11-20)12-15-4-2-3-5-16(15)14-6-7-14/h2-5,14,18H,6-13H2,1H3. The largest absolute Gasteiger partial charge is 0.339 e. The Morgan fingerprint density at radius 3 is 2.71 bits per heavy atom. The van der Waals surface area contributed by atoms with Crippen molar-refractivity contribution in [2.45, 2.75) is 25.3 Å². The van der Waals surface area contributed by atoms with Crippen LogP contribution in [0.5, 0.6) is 0 Å². The van der Waals surface area contributed by atoms with E-state index >= 15 is 0 Å². The second kappa shape index (κ2) is 6.58. The van der Waals surface area contributed by atoms with Crippen LogP contribution in [-0.2, 0) is 11.3 Å². The summed E-state index contributed by atoms with van der Waals surface area (Å²) < 4.78 is 0. The molecule has 1 aliphatic carbocycles. The number of hydrogen-bond donors (Lipinski definition) is 1. The van der Waals surface area contributed by atoms with E-state index in [9.17, 15) is 4.79 Å². The molecule has 2 fully saturated rings. The van der Waals surface area contributed by atoms with Crippen LogP contribution in [0, 0.1) is 0 Å². The third-order valence-electron chi connectivity index (χ3n) is 4.39. The van der Waals surface area contributed by atoms with E-state index in [2.05, 4.69) is 34.5 Å². The number of nitrogens with zero attached hydrogens (tertiary/aromatic N) is 2. The molecule has 1 aliphatic heterocycles. The number of likely N-dealkylation sites (N-methyl/N-ethyl adjacent to an activating group) is 1. The van der Waals surface area contributed by atoms with Crippen molar-refractivity contribution in [3.05, 3.63) is 35.4 Å². The molecule has 4 nitrogen and oxygen atoms in total. The number of amides is 1. The maximum atomic E-state index is 12.3. The zero-order valence-electron chi connectivity index (χ0n) is 12.8. The van der Waals surface area contributed by atoms with Gasteiger partial charge in [-0.15, -0.1) is 0 Å². The first kappa shape index (κ1) is 14.5. The maximum absolute atomic E-state index is 12.3. The zero-order valence-corrected chi connectivity index (χ0v) is 12.8. The average molecular weight is 287 g/mol. The van der Waals surface area contributed by atoms with Gasteiger partial charge in [0.1, 0.15) is 0 Å². The predicted molar refractivity (Wildman–Crippen MR) is 84.2 cm³/mol. The minimum absolute atomic E-state index is 0.253. The molecule has 1 amide bonds. The molecular formula is C17H25N3O. The molecule has 1 aromatic carbocycles. The molecule has 0 radical (unpaired) electrons. The van der Waals surface area contributed by atoms with Crippen molar-refractivity contribution in [3.63, 3.8) is 0 Å². The summed E-state index contributed by atoms with van der Waals surface area (Å²) in [5, 5.41) is 3.28. The van der Waals surface area contributed by atoms with E-state index in [1.165, 1.54) is 24.0 Å². The number of carbonyl (C=O) groups excluding carboxylic acids is 1. The zero-order chi connectivity index (χ0) is 14.7. The number of hydrogen-bond acceptors (Lipinski definition) is 3. The van der Waals surface area contributed by atoms with Gasteiger partial charge in [0, 0.05) is 32.7 Å². The molecule has 0 bridgehead atoms. The van der Waals surface area contributed by atoms with Crippen LogP contribution in [0.15, 0.2) is 24.3 Å². The molecule has 1 saturated carbocycles. The lowest BCUT2D eigenvalue weighted by Gasteiger charge is -2.29. The fraction of sp³-hybridized carbons (Fsp3) is 0.588. The first-order chi connectivity index (χ1) is 10.2. The number of piperazine rings is 1. The highest BCUT2D eigenvalue weighted by molar-refractivity contribution is 5.78. The lowest BCUT2D eigenvalue weighted by molar-refractivity contribution is -0.132. The first-order valence-corrected chi connectivity index (χ1v) is 7.99. The second-order valence-electron chi connectivity index (χ2n) is 6.28. The molecule has 0 unspecified atom stereocenters. The fourth-order valence-electron chi connectivity index (χ4n) is 3.06. The minimum atomic E-state index is 0.253. The Bertz CT molecular complexity index is 493. The Kier molecular flexibility index (Phi) is 4.56. The van der Waals surface area contributed by atoms with Crippen molar-refractivity contribution in [3.8, 4) is 0 Å². The van der Waals surface area contributed by atoms with Crippen molar-refractivity contribution < 1.29 is 4.79 Å². The first-order valence-electron chi connectivity index (χ1n) is 7.99. The highest BCUT2D eigenvalue weighted by Gasteiger charge is 2.26.